The van der Waals surface area contributed by atoms with Crippen molar-refractivity contribution in [1.82, 2.24) is 19.2 Å². The van der Waals surface area contributed by atoms with Crippen LogP contribution >= 0.6 is 0 Å². The second-order valence-electron chi connectivity index (χ2n) is 6.30. The standard InChI is InChI=1S/C18H21N5O2/c1-11-14(10-19-23(5)17(11)24)20-13-6-7-15-12(8-13)9-16(22(15)4)18(25)21(2)3/h6-10,20H,1-5H3. The molecule has 0 saturated heterocycles. The molecule has 2 heterocycles. The molecule has 0 fully saturated rings. The molecule has 0 atom stereocenters. The number of benzene rings is 1. The van der Waals surface area contributed by atoms with Gasteiger partial charge in [-0.1, -0.05) is 0 Å². The van der Waals surface area contributed by atoms with Crippen LogP contribution in [-0.2, 0) is 14.1 Å². The quantitative estimate of drug-likeness (QED) is 0.792. The van der Waals surface area contributed by atoms with E-state index in [1.54, 1.807) is 39.2 Å². The fraction of sp³-hybridized carbons (Fsp3) is 0.278. The van der Waals surface area contributed by atoms with Crippen molar-refractivity contribution >= 4 is 28.2 Å². The third kappa shape index (κ3) is 2.88. The summed E-state index contributed by atoms with van der Waals surface area (Å²) in [4.78, 5) is 25.8. The van der Waals surface area contributed by atoms with Crippen LogP contribution in [0.1, 0.15) is 16.1 Å². The number of amides is 1. The predicted molar refractivity (Wildman–Crippen MR) is 98.4 cm³/mol. The highest BCUT2D eigenvalue weighted by molar-refractivity contribution is 5.99. The van der Waals surface area contributed by atoms with Gasteiger partial charge >= 0.3 is 0 Å². The third-order valence-corrected chi connectivity index (χ3v) is 4.33. The average molecular weight is 339 g/mol. The van der Waals surface area contributed by atoms with E-state index in [0.717, 1.165) is 16.6 Å². The van der Waals surface area contributed by atoms with Crippen molar-refractivity contribution in [3.05, 3.63) is 52.1 Å². The number of nitrogens with zero attached hydrogens (tertiary/aromatic N) is 4. The number of nitrogens with one attached hydrogen (secondary N) is 1. The van der Waals surface area contributed by atoms with Crippen molar-refractivity contribution in [2.75, 3.05) is 19.4 Å². The molecule has 0 aliphatic rings. The van der Waals surface area contributed by atoms with Crippen molar-refractivity contribution < 1.29 is 4.79 Å². The molecule has 1 N–H and O–H groups in total. The lowest BCUT2D eigenvalue weighted by atomic mass is 10.2. The first-order chi connectivity index (χ1) is 11.8. The lowest BCUT2D eigenvalue weighted by Crippen LogP contribution is -2.23. The molecule has 2 aromatic heterocycles. The van der Waals surface area contributed by atoms with Crippen LogP contribution in [0.2, 0.25) is 0 Å². The van der Waals surface area contributed by atoms with Crippen molar-refractivity contribution in [2.24, 2.45) is 14.1 Å². The van der Waals surface area contributed by atoms with Crippen molar-refractivity contribution in [3.63, 3.8) is 0 Å². The normalized spacial score (nSPS) is 10.9. The smallest absolute Gasteiger partial charge is 0.271 e. The molecule has 0 spiro atoms. The number of carbonyl (C=O) groups is 1. The van der Waals surface area contributed by atoms with Gasteiger partial charge in [0.2, 0.25) is 0 Å². The molecule has 7 nitrogen and oxygen atoms in total. The minimum atomic E-state index is -0.135. The van der Waals surface area contributed by atoms with Crippen LogP contribution in [0.5, 0.6) is 0 Å². The average Bonchev–Trinajstić information content (AvgIpc) is 2.91. The number of anilines is 2. The summed E-state index contributed by atoms with van der Waals surface area (Å²) in [7, 11) is 6.97. The number of rotatable bonds is 3. The third-order valence-electron chi connectivity index (χ3n) is 4.33. The Morgan fingerprint density at radius 2 is 1.92 bits per heavy atom. The zero-order valence-electron chi connectivity index (χ0n) is 15.0. The van der Waals surface area contributed by atoms with Crippen LogP contribution < -0.4 is 10.9 Å². The molecule has 0 saturated carbocycles. The molecule has 0 radical (unpaired) electrons. The lowest BCUT2D eigenvalue weighted by Gasteiger charge is -2.11. The number of hydrogen-bond donors (Lipinski definition) is 1. The number of carbonyl (C=O) groups excluding carboxylic acids is 1. The Hall–Kier alpha value is -3.09. The first kappa shape index (κ1) is 16.8. The van der Waals surface area contributed by atoms with E-state index in [1.807, 2.05) is 35.9 Å². The Kier molecular flexibility index (Phi) is 4.08. The maximum absolute atomic E-state index is 12.3. The van der Waals surface area contributed by atoms with E-state index in [9.17, 15) is 9.59 Å². The molecule has 130 valence electrons. The van der Waals surface area contributed by atoms with Crippen molar-refractivity contribution in [2.45, 2.75) is 6.92 Å². The molecule has 0 aliphatic carbocycles. The number of aromatic nitrogens is 3. The Morgan fingerprint density at radius 1 is 1.20 bits per heavy atom. The van der Waals surface area contributed by atoms with Gasteiger partial charge in [-0.05, 0) is 31.2 Å². The molecular weight excluding hydrogens is 318 g/mol. The van der Waals surface area contributed by atoms with Crippen LogP contribution in [-0.4, -0.2) is 39.3 Å². The minimum absolute atomic E-state index is 0.0418. The molecule has 3 rings (SSSR count). The SMILES string of the molecule is Cc1c(Nc2ccc3c(c2)cc(C(=O)N(C)C)n3C)cnn(C)c1=O. The monoisotopic (exact) mass is 339 g/mol. The molecule has 3 aromatic rings. The first-order valence-electron chi connectivity index (χ1n) is 7.90. The Morgan fingerprint density at radius 3 is 2.60 bits per heavy atom. The van der Waals surface area contributed by atoms with Crippen LogP contribution in [0, 0.1) is 6.92 Å². The van der Waals surface area contributed by atoms with E-state index in [4.69, 9.17) is 0 Å². The molecule has 7 heteroatoms. The van der Waals surface area contributed by atoms with Crippen LogP contribution in [0.15, 0.2) is 35.3 Å². The fourth-order valence-corrected chi connectivity index (χ4v) is 2.79. The lowest BCUT2D eigenvalue weighted by molar-refractivity contribution is 0.0819. The number of aryl methyl sites for hydroxylation is 2. The summed E-state index contributed by atoms with van der Waals surface area (Å²) in [5.74, 6) is -0.0418. The Labute approximate surface area is 145 Å². The van der Waals surface area contributed by atoms with E-state index in [2.05, 4.69) is 10.4 Å². The maximum atomic E-state index is 12.3. The van der Waals surface area contributed by atoms with E-state index in [0.29, 0.717) is 16.9 Å². The summed E-state index contributed by atoms with van der Waals surface area (Å²) >= 11 is 0. The van der Waals surface area contributed by atoms with E-state index >= 15 is 0 Å². The number of fused-ring (bicyclic) bond motifs is 1. The van der Waals surface area contributed by atoms with Gasteiger partial charge < -0.3 is 14.8 Å². The van der Waals surface area contributed by atoms with Gasteiger partial charge in [-0.2, -0.15) is 5.10 Å². The largest absolute Gasteiger partial charge is 0.354 e. The Balaban J connectivity index is 2.01. The van der Waals surface area contributed by atoms with Gasteiger partial charge in [-0.15, -0.1) is 0 Å². The summed E-state index contributed by atoms with van der Waals surface area (Å²) in [5.41, 5.74) is 3.57. The summed E-state index contributed by atoms with van der Waals surface area (Å²) in [6.45, 7) is 1.77. The van der Waals surface area contributed by atoms with E-state index in [1.165, 1.54) is 4.68 Å². The van der Waals surface area contributed by atoms with Crippen LogP contribution in [0.25, 0.3) is 10.9 Å². The second-order valence-corrected chi connectivity index (χ2v) is 6.30. The maximum Gasteiger partial charge on any atom is 0.271 e. The Bertz CT molecular complexity index is 1030. The highest BCUT2D eigenvalue weighted by atomic mass is 16.2. The predicted octanol–water partition coefficient (Wildman–Crippen LogP) is 2.03. The van der Waals surface area contributed by atoms with E-state index < -0.39 is 0 Å². The molecule has 0 bridgehead atoms. The van der Waals surface area contributed by atoms with Gasteiger partial charge in [0.05, 0.1) is 11.9 Å². The van der Waals surface area contributed by atoms with Gasteiger partial charge in [-0.25, -0.2) is 4.68 Å². The molecule has 25 heavy (non-hydrogen) atoms. The van der Waals surface area contributed by atoms with Crippen molar-refractivity contribution in [3.8, 4) is 0 Å². The first-order valence-corrected chi connectivity index (χ1v) is 7.90. The summed E-state index contributed by atoms with van der Waals surface area (Å²) in [6, 6.07) is 7.70. The van der Waals surface area contributed by atoms with Gasteiger partial charge in [0, 0.05) is 50.3 Å². The molecule has 1 aromatic carbocycles. The summed E-state index contributed by atoms with van der Waals surface area (Å²) in [6.07, 6.45) is 1.63. The molecule has 0 aliphatic heterocycles. The van der Waals surface area contributed by atoms with Gasteiger partial charge in [0.1, 0.15) is 5.69 Å². The van der Waals surface area contributed by atoms with Gasteiger partial charge in [-0.3, -0.25) is 9.59 Å². The zero-order chi connectivity index (χ0) is 18.3. The molecule has 1 amide bonds. The van der Waals surface area contributed by atoms with Gasteiger partial charge in [0.25, 0.3) is 11.5 Å². The second kappa shape index (κ2) is 6.08. The van der Waals surface area contributed by atoms with Crippen LogP contribution in [0.4, 0.5) is 11.4 Å². The molecular formula is C18H21N5O2. The van der Waals surface area contributed by atoms with Crippen LogP contribution in [0.3, 0.4) is 0 Å². The molecule has 0 unspecified atom stereocenters. The fourth-order valence-electron chi connectivity index (χ4n) is 2.79. The van der Waals surface area contributed by atoms with Crippen molar-refractivity contribution in [1.29, 1.82) is 0 Å². The van der Waals surface area contributed by atoms with E-state index in [-0.39, 0.29) is 11.5 Å². The topological polar surface area (TPSA) is 72.2 Å². The highest BCUT2D eigenvalue weighted by Gasteiger charge is 2.15. The zero-order valence-corrected chi connectivity index (χ0v) is 15.0. The summed E-state index contributed by atoms with van der Waals surface area (Å²) < 4.78 is 3.19. The van der Waals surface area contributed by atoms with Gasteiger partial charge in [0.15, 0.2) is 0 Å². The number of hydrogen-bond acceptors (Lipinski definition) is 4. The highest BCUT2D eigenvalue weighted by Crippen LogP contribution is 2.25. The minimum Gasteiger partial charge on any atom is -0.354 e. The summed E-state index contributed by atoms with van der Waals surface area (Å²) in [5, 5.41) is 8.23.